The number of rotatable bonds is 5. The van der Waals surface area contributed by atoms with E-state index < -0.39 is 17.9 Å². The van der Waals surface area contributed by atoms with Crippen molar-refractivity contribution < 1.29 is 19.8 Å². The summed E-state index contributed by atoms with van der Waals surface area (Å²) < 4.78 is 0.752. The van der Waals surface area contributed by atoms with Crippen LogP contribution in [0.1, 0.15) is 22.3 Å². The maximum Gasteiger partial charge on any atom is 0.326 e. The van der Waals surface area contributed by atoms with E-state index in [1.807, 2.05) is 13.0 Å². The van der Waals surface area contributed by atoms with Gasteiger partial charge in [0.05, 0.1) is 0 Å². The number of carboxylic acid groups (broad SMARTS) is 1. The third-order valence-corrected chi connectivity index (χ3v) is 2.78. The van der Waals surface area contributed by atoms with Crippen LogP contribution in [0.5, 0.6) is 0 Å². The second kappa shape index (κ2) is 6.51. The lowest BCUT2D eigenvalue weighted by molar-refractivity contribution is -0.139. The summed E-state index contributed by atoms with van der Waals surface area (Å²) in [6.45, 7) is 1.54. The number of benzene rings is 1. The Kier molecular flexibility index (Phi) is 5.30. The Morgan fingerprint density at radius 2 is 2.06 bits per heavy atom. The van der Waals surface area contributed by atoms with E-state index in [0.717, 1.165) is 10.0 Å². The minimum atomic E-state index is -1.16. The standard InChI is InChI=1S/C12H14BrNO4/c1-7-4-8(6-9(13)5-7)11(16)14-10(2-3-15)12(17)18/h4-6,10,15H,2-3H2,1H3,(H,14,16)(H,17,18)/t10-/m1/s1. The molecule has 0 aliphatic rings. The van der Waals surface area contributed by atoms with Gasteiger partial charge in [-0.05, 0) is 30.7 Å². The number of hydrogen-bond donors (Lipinski definition) is 3. The molecule has 0 spiro atoms. The van der Waals surface area contributed by atoms with Gasteiger partial charge in [0, 0.05) is 23.1 Å². The summed E-state index contributed by atoms with van der Waals surface area (Å²) >= 11 is 3.27. The third-order valence-electron chi connectivity index (χ3n) is 2.33. The monoisotopic (exact) mass is 315 g/mol. The lowest BCUT2D eigenvalue weighted by atomic mass is 10.1. The molecule has 0 heterocycles. The number of hydrogen-bond acceptors (Lipinski definition) is 3. The van der Waals surface area contributed by atoms with E-state index in [4.69, 9.17) is 10.2 Å². The van der Waals surface area contributed by atoms with Crippen molar-refractivity contribution in [2.24, 2.45) is 0 Å². The number of halogens is 1. The van der Waals surface area contributed by atoms with Crippen molar-refractivity contribution in [3.8, 4) is 0 Å². The van der Waals surface area contributed by atoms with Gasteiger partial charge < -0.3 is 15.5 Å². The Hall–Kier alpha value is -1.40. The molecule has 0 unspecified atom stereocenters. The molecule has 1 aromatic carbocycles. The summed E-state index contributed by atoms with van der Waals surface area (Å²) in [6, 6.07) is 4.04. The van der Waals surface area contributed by atoms with Crippen molar-refractivity contribution in [2.45, 2.75) is 19.4 Å². The van der Waals surface area contributed by atoms with Crippen molar-refractivity contribution in [1.82, 2.24) is 5.32 Å². The van der Waals surface area contributed by atoms with Gasteiger partial charge in [-0.2, -0.15) is 0 Å². The van der Waals surface area contributed by atoms with Gasteiger partial charge in [-0.1, -0.05) is 15.9 Å². The average Bonchev–Trinajstić information content (AvgIpc) is 2.26. The first kappa shape index (κ1) is 14.7. The minimum Gasteiger partial charge on any atom is -0.480 e. The van der Waals surface area contributed by atoms with Gasteiger partial charge in [-0.25, -0.2) is 4.79 Å². The third kappa shape index (κ3) is 4.12. The average molecular weight is 316 g/mol. The van der Waals surface area contributed by atoms with Crippen LogP contribution < -0.4 is 5.32 Å². The minimum absolute atomic E-state index is 0.0198. The topological polar surface area (TPSA) is 86.6 Å². The number of aryl methyl sites for hydroxylation is 1. The lowest BCUT2D eigenvalue weighted by Crippen LogP contribution is -2.41. The molecule has 0 saturated heterocycles. The normalized spacial score (nSPS) is 11.9. The van der Waals surface area contributed by atoms with Crippen molar-refractivity contribution in [3.63, 3.8) is 0 Å². The van der Waals surface area contributed by atoms with Gasteiger partial charge in [-0.3, -0.25) is 4.79 Å². The van der Waals surface area contributed by atoms with Gasteiger partial charge in [0.15, 0.2) is 0 Å². The Balaban J connectivity index is 2.83. The number of aliphatic hydroxyl groups excluding tert-OH is 1. The Morgan fingerprint density at radius 1 is 1.39 bits per heavy atom. The first-order valence-electron chi connectivity index (χ1n) is 5.35. The Morgan fingerprint density at radius 3 is 2.56 bits per heavy atom. The molecule has 0 aliphatic carbocycles. The highest BCUT2D eigenvalue weighted by atomic mass is 79.9. The fraction of sp³-hybridized carbons (Fsp3) is 0.333. The molecule has 3 N–H and O–H groups in total. The maximum absolute atomic E-state index is 11.9. The molecular formula is C12H14BrNO4. The molecule has 0 aromatic heterocycles. The Bertz CT molecular complexity index is 441. The second-order valence-corrected chi connectivity index (χ2v) is 4.81. The van der Waals surface area contributed by atoms with Gasteiger partial charge >= 0.3 is 5.97 Å². The number of aliphatic carboxylic acids is 1. The molecule has 0 saturated carbocycles. The SMILES string of the molecule is Cc1cc(Br)cc(C(=O)N[C@H](CCO)C(=O)O)c1. The number of carbonyl (C=O) groups is 2. The van der Waals surface area contributed by atoms with Crippen LogP contribution in [0.4, 0.5) is 0 Å². The molecular weight excluding hydrogens is 302 g/mol. The van der Waals surface area contributed by atoms with Gasteiger partial charge in [-0.15, -0.1) is 0 Å². The van der Waals surface area contributed by atoms with E-state index in [-0.39, 0.29) is 13.0 Å². The van der Waals surface area contributed by atoms with Crippen molar-refractivity contribution in [2.75, 3.05) is 6.61 Å². The predicted molar refractivity (Wildman–Crippen MR) is 69.5 cm³/mol. The van der Waals surface area contributed by atoms with Crippen molar-refractivity contribution >= 4 is 27.8 Å². The molecule has 1 rings (SSSR count). The fourth-order valence-electron chi connectivity index (χ4n) is 1.50. The molecule has 0 aliphatic heterocycles. The zero-order valence-corrected chi connectivity index (χ0v) is 11.4. The lowest BCUT2D eigenvalue weighted by Gasteiger charge is -2.13. The number of amides is 1. The van der Waals surface area contributed by atoms with Crippen LogP contribution in [0.25, 0.3) is 0 Å². The molecule has 1 aromatic rings. The summed E-state index contributed by atoms with van der Waals surface area (Å²) in [5.41, 5.74) is 1.27. The van der Waals surface area contributed by atoms with E-state index in [2.05, 4.69) is 21.2 Å². The first-order valence-corrected chi connectivity index (χ1v) is 6.15. The number of aliphatic hydroxyl groups is 1. The number of carboxylic acids is 1. The number of carbonyl (C=O) groups excluding carboxylic acids is 1. The zero-order chi connectivity index (χ0) is 13.7. The highest BCUT2D eigenvalue weighted by molar-refractivity contribution is 9.10. The summed E-state index contributed by atoms with van der Waals surface area (Å²) in [5, 5.41) is 20.0. The highest BCUT2D eigenvalue weighted by Gasteiger charge is 2.20. The molecule has 0 radical (unpaired) electrons. The highest BCUT2D eigenvalue weighted by Crippen LogP contribution is 2.15. The van der Waals surface area contributed by atoms with E-state index in [1.165, 1.54) is 0 Å². The van der Waals surface area contributed by atoms with E-state index >= 15 is 0 Å². The van der Waals surface area contributed by atoms with Gasteiger partial charge in [0.2, 0.25) is 0 Å². The van der Waals surface area contributed by atoms with Crippen LogP contribution >= 0.6 is 15.9 Å². The smallest absolute Gasteiger partial charge is 0.326 e. The van der Waals surface area contributed by atoms with Crippen LogP contribution in [0.15, 0.2) is 22.7 Å². The quantitative estimate of drug-likeness (QED) is 0.765. The molecule has 18 heavy (non-hydrogen) atoms. The molecule has 0 fully saturated rings. The second-order valence-electron chi connectivity index (χ2n) is 3.89. The van der Waals surface area contributed by atoms with E-state index in [1.54, 1.807) is 12.1 Å². The van der Waals surface area contributed by atoms with Crippen LogP contribution in [-0.2, 0) is 4.79 Å². The van der Waals surface area contributed by atoms with Crippen molar-refractivity contribution in [1.29, 1.82) is 0 Å². The largest absolute Gasteiger partial charge is 0.480 e. The van der Waals surface area contributed by atoms with Crippen LogP contribution in [0.3, 0.4) is 0 Å². The fourth-order valence-corrected chi connectivity index (χ4v) is 2.10. The summed E-state index contributed by atoms with van der Waals surface area (Å²) in [4.78, 5) is 22.7. The van der Waals surface area contributed by atoms with Crippen molar-refractivity contribution in [3.05, 3.63) is 33.8 Å². The number of nitrogens with one attached hydrogen (secondary N) is 1. The molecule has 0 bridgehead atoms. The molecule has 1 atom stereocenters. The van der Waals surface area contributed by atoms with Crippen LogP contribution in [0.2, 0.25) is 0 Å². The Labute approximate surface area is 113 Å². The van der Waals surface area contributed by atoms with Crippen LogP contribution in [0, 0.1) is 6.92 Å². The molecule has 5 nitrogen and oxygen atoms in total. The first-order chi connectivity index (χ1) is 8.43. The van der Waals surface area contributed by atoms with E-state index in [0.29, 0.717) is 5.56 Å². The summed E-state index contributed by atoms with van der Waals surface area (Å²) in [5.74, 6) is -1.63. The molecule has 98 valence electrons. The predicted octanol–water partition coefficient (Wildman–Crippen LogP) is 1.32. The summed E-state index contributed by atoms with van der Waals surface area (Å²) in [6.07, 6.45) is -0.0198. The molecule has 6 heteroatoms. The summed E-state index contributed by atoms with van der Waals surface area (Å²) in [7, 11) is 0. The molecule has 1 amide bonds. The van der Waals surface area contributed by atoms with Crippen LogP contribution in [-0.4, -0.2) is 34.7 Å². The maximum atomic E-state index is 11.9. The van der Waals surface area contributed by atoms with Gasteiger partial charge in [0.25, 0.3) is 5.91 Å². The van der Waals surface area contributed by atoms with Gasteiger partial charge in [0.1, 0.15) is 6.04 Å². The van der Waals surface area contributed by atoms with E-state index in [9.17, 15) is 9.59 Å². The zero-order valence-electron chi connectivity index (χ0n) is 9.81.